The summed E-state index contributed by atoms with van der Waals surface area (Å²) in [6.07, 6.45) is 1.59. The molecule has 0 fully saturated rings. The molecule has 0 aliphatic rings. The number of hydrogen-bond donors (Lipinski definition) is 1. The number of hydrogen-bond acceptors (Lipinski definition) is 2. The van der Waals surface area contributed by atoms with Crippen LogP contribution in [0.25, 0.3) is 0 Å². The molecule has 0 spiro atoms. The predicted octanol–water partition coefficient (Wildman–Crippen LogP) is 4.85. The summed E-state index contributed by atoms with van der Waals surface area (Å²) < 4.78 is 0. The Morgan fingerprint density at radius 3 is 2.55 bits per heavy atom. The van der Waals surface area contributed by atoms with Crippen molar-refractivity contribution in [3.8, 4) is 0 Å². The molecule has 2 aromatic rings. The number of aryl methyl sites for hydroxylation is 1. The molecule has 0 radical (unpaired) electrons. The lowest BCUT2D eigenvalue weighted by atomic mass is 10.1. The van der Waals surface area contributed by atoms with E-state index in [1.807, 2.05) is 50.2 Å². The van der Waals surface area contributed by atoms with Gasteiger partial charge in [-0.25, -0.2) is 0 Å². The molecule has 3 heteroatoms. The average molecular weight is 286 g/mol. The fourth-order valence-corrected chi connectivity index (χ4v) is 2.03. The van der Waals surface area contributed by atoms with Crippen LogP contribution in [0.5, 0.6) is 0 Å². The van der Waals surface area contributed by atoms with Crippen molar-refractivity contribution in [2.45, 2.75) is 13.8 Å². The fourth-order valence-electron chi connectivity index (χ4n) is 1.86. The summed E-state index contributed by atoms with van der Waals surface area (Å²) in [6.45, 7) is 3.85. The van der Waals surface area contributed by atoms with Crippen LogP contribution in [0.1, 0.15) is 22.8 Å². The van der Waals surface area contributed by atoms with Gasteiger partial charge in [-0.1, -0.05) is 48.0 Å². The molecule has 2 nitrogen and oxygen atoms in total. The maximum absolute atomic E-state index is 12.1. The van der Waals surface area contributed by atoms with Crippen molar-refractivity contribution in [2.24, 2.45) is 0 Å². The van der Waals surface area contributed by atoms with Gasteiger partial charge in [-0.15, -0.1) is 0 Å². The predicted molar refractivity (Wildman–Crippen MR) is 84.3 cm³/mol. The van der Waals surface area contributed by atoms with Gasteiger partial charge in [-0.3, -0.25) is 4.79 Å². The number of carbonyl (C=O) groups is 1. The van der Waals surface area contributed by atoms with Gasteiger partial charge in [0.1, 0.15) is 0 Å². The number of anilines is 1. The fraction of sp³-hybridized carbons (Fsp3) is 0.118. The van der Waals surface area contributed by atoms with Gasteiger partial charge < -0.3 is 5.32 Å². The Labute approximate surface area is 124 Å². The molecule has 0 bridgehead atoms. The number of allylic oxidation sites excluding steroid dienone is 2. The van der Waals surface area contributed by atoms with Crippen molar-refractivity contribution in [3.63, 3.8) is 0 Å². The Morgan fingerprint density at radius 1 is 1.15 bits per heavy atom. The molecule has 0 aromatic heterocycles. The van der Waals surface area contributed by atoms with Crippen LogP contribution in [0.4, 0.5) is 5.69 Å². The van der Waals surface area contributed by atoms with Crippen molar-refractivity contribution >= 4 is 23.1 Å². The quantitative estimate of drug-likeness (QED) is 0.643. The monoisotopic (exact) mass is 285 g/mol. The summed E-state index contributed by atoms with van der Waals surface area (Å²) in [5.74, 6) is -0.0183. The number of carbonyl (C=O) groups excluding carboxylic acids is 1. The minimum Gasteiger partial charge on any atom is -0.359 e. The van der Waals surface area contributed by atoms with Crippen molar-refractivity contribution in [1.29, 1.82) is 0 Å². The van der Waals surface area contributed by atoms with Gasteiger partial charge >= 0.3 is 0 Å². The molecule has 0 aliphatic carbocycles. The number of halogens is 1. The van der Waals surface area contributed by atoms with Crippen LogP contribution in [0.15, 0.2) is 60.3 Å². The Balaban J connectivity index is 2.15. The lowest BCUT2D eigenvalue weighted by Crippen LogP contribution is -2.02. The molecular weight excluding hydrogens is 270 g/mol. The highest BCUT2D eigenvalue weighted by Crippen LogP contribution is 2.21. The van der Waals surface area contributed by atoms with Crippen LogP contribution in [0.3, 0.4) is 0 Å². The zero-order chi connectivity index (χ0) is 14.5. The molecule has 1 N–H and O–H groups in total. The van der Waals surface area contributed by atoms with Gasteiger partial charge in [0.2, 0.25) is 0 Å². The second-order valence-corrected chi connectivity index (χ2v) is 5.08. The molecule has 0 saturated carbocycles. The number of ketones is 1. The molecule has 0 heterocycles. The van der Waals surface area contributed by atoms with E-state index in [2.05, 4.69) is 5.32 Å². The lowest BCUT2D eigenvalue weighted by Gasteiger charge is -2.10. The maximum atomic E-state index is 12.1. The molecule has 2 rings (SSSR count). The van der Waals surface area contributed by atoms with E-state index in [1.54, 1.807) is 18.2 Å². The standard InChI is InChI=1S/C17H16ClNO/c1-12-8-9-15(18)11-16(12)19-13(2)10-17(20)14-6-4-3-5-7-14/h3-11,19H,1-2H3/b13-10+. The van der Waals surface area contributed by atoms with Gasteiger partial charge in [0.05, 0.1) is 0 Å². The normalized spacial score (nSPS) is 11.2. The maximum Gasteiger partial charge on any atom is 0.187 e. The highest BCUT2D eigenvalue weighted by atomic mass is 35.5. The van der Waals surface area contributed by atoms with Crippen molar-refractivity contribution in [2.75, 3.05) is 5.32 Å². The minimum atomic E-state index is -0.0183. The average Bonchev–Trinajstić information content (AvgIpc) is 2.43. The smallest absolute Gasteiger partial charge is 0.187 e. The molecule has 0 saturated heterocycles. The van der Waals surface area contributed by atoms with Gasteiger partial charge in [0.15, 0.2) is 5.78 Å². The summed E-state index contributed by atoms with van der Waals surface area (Å²) in [4.78, 5) is 12.1. The molecule has 2 aromatic carbocycles. The van der Waals surface area contributed by atoms with Gasteiger partial charge in [0.25, 0.3) is 0 Å². The lowest BCUT2D eigenvalue weighted by molar-refractivity contribution is 0.104. The van der Waals surface area contributed by atoms with Crippen LogP contribution in [0.2, 0.25) is 5.02 Å². The van der Waals surface area contributed by atoms with Crippen LogP contribution in [0, 0.1) is 6.92 Å². The van der Waals surface area contributed by atoms with Crippen LogP contribution in [-0.4, -0.2) is 5.78 Å². The molecular formula is C17H16ClNO. The first kappa shape index (κ1) is 14.4. The third-order valence-electron chi connectivity index (χ3n) is 2.94. The van der Waals surface area contributed by atoms with Crippen LogP contribution in [-0.2, 0) is 0 Å². The Kier molecular flexibility index (Phi) is 4.59. The molecule has 0 amide bonds. The van der Waals surface area contributed by atoms with E-state index < -0.39 is 0 Å². The summed E-state index contributed by atoms with van der Waals surface area (Å²) in [7, 11) is 0. The summed E-state index contributed by atoms with van der Waals surface area (Å²) in [6, 6.07) is 14.8. The van der Waals surface area contributed by atoms with Gasteiger partial charge in [-0.05, 0) is 31.5 Å². The zero-order valence-electron chi connectivity index (χ0n) is 11.5. The Morgan fingerprint density at radius 2 is 1.85 bits per heavy atom. The molecule has 0 aliphatic heterocycles. The van der Waals surface area contributed by atoms with E-state index in [4.69, 9.17) is 11.6 Å². The van der Waals surface area contributed by atoms with E-state index >= 15 is 0 Å². The third kappa shape index (κ3) is 3.72. The van der Waals surface area contributed by atoms with Crippen LogP contribution >= 0.6 is 11.6 Å². The topological polar surface area (TPSA) is 29.1 Å². The Hall–Kier alpha value is -2.06. The second-order valence-electron chi connectivity index (χ2n) is 4.64. The minimum absolute atomic E-state index is 0.0183. The van der Waals surface area contributed by atoms with Crippen LogP contribution < -0.4 is 5.32 Å². The molecule has 20 heavy (non-hydrogen) atoms. The van der Waals surface area contributed by atoms with E-state index in [1.165, 1.54) is 0 Å². The van der Waals surface area contributed by atoms with E-state index in [9.17, 15) is 4.79 Å². The SMILES string of the molecule is C/C(=C\C(=O)c1ccccc1)Nc1cc(Cl)ccc1C. The summed E-state index contributed by atoms with van der Waals surface area (Å²) in [5, 5.41) is 3.87. The first-order chi connectivity index (χ1) is 9.56. The summed E-state index contributed by atoms with van der Waals surface area (Å²) in [5.41, 5.74) is 3.45. The molecule has 102 valence electrons. The first-order valence-electron chi connectivity index (χ1n) is 6.37. The van der Waals surface area contributed by atoms with Crippen molar-refractivity contribution in [1.82, 2.24) is 0 Å². The highest BCUT2D eigenvalue weighted by Gasteiger charge is 2.04. The summed E-state index contributed by atoms with van der Waals surface area (Å²) >= 11 is 5.98. The Bertz CT molecular complexity index is 647. The largest absolute Gasteiger partial charge is 0.359 e. The first-order valence-corrected chi connectivity index (χ1v) is 6.75. The zero-order valence-corrected chi connectivity index (χ0v) is 12.2. The van der Waals surface area contributed by atoms with Gasteiger partial charge in [0, 0.05) is 28.0 Å². The van der Waals surface area contributed by atoms with Crippen molar-refractivity contribution in [3.05, 3.63) is 76.5 Å². The van der Waals surface area contributed by atoms with E-state index in [0.717, 1.165) is 16.9 Å². The van der Waals surface area contributed by atoms with E-state index in [0.29, 0.717) is 10.6 Å². The van der Waals surface area contributed by atoms with Gasteiger partial charge in [-0.2, -0.15) is 0 Å². The number of rotatable bonds is 4. The molecule has 0 unspecified atom stereocenters. The number of nitrogens with one attached hydrogen (secondary N) is 1. The molecule has 0 atom stereocenters. The number of benzene rings is 2. The third-order valence-corrected chi connectivity index (χ3v) is 3.17. The van der Waals surface area contributed by atoms with Crippen molar-refractivity contribution < 1.29 is 4.79 Å². The highest BCUT2D eigenvalue weighted by molar-refractivity contribution is 6.30. The second kappa shape index (κ2) is 6.40. The van der Waals surface area contributed by atoms with E-state index in [-0.39, 0.29) is 5.78 Å².